The highest BCUT2D eigenvalue weighted by atomic mass is 32.1. The Bertz CT molecular complexity index is 1680. The predicted molar refractivity (Wildman–Crippen MR) is 155 cm³/mol. The molecule has 1 aliphatic carbocycles. The third-order valence-electron chi connectivity index (χ3n) is 7.79. The van der Waals surface area contributed by atoms with Crippen molar-refractivity contribution < 1.29 is 28.9 Å². The molecule has 0 radical (unpaired) electrons. The molecule has 10 heteroatoms. The Morgan fingerprint density at radius 2 is 1.78 bits per heavy atom. The van der Waals surface area contributed by atoms with Gasteiger partial charge in [0.15, 0.2) is 17.3 Å². The summed E-state index contributed by atoms with van der Waals surface area (Å²) in [5, 5.41) is 20.3. The summed E-state index contributed by atoms with van der Waals surface area (Å²) in [6, 6.07) is 14.6. The number of aromatic carboxylic acids is 1. The number of aryl methyl sites for hydroxylation is 1. The first-order valence-electron chi connectivity index (χ1n) is 13.1. The monoisotopic (exact) mass is 571 g/mol. The Balaban J connectivity index is 1.60. The molecule has 0 spiro atoms. The zero-order valence-electron chi connectivity index (χ0n) is 23.1. The van der Waals surface area contributed by atoms with Crippen LogP contribution in [-0.2, 0) is 4.79 Å². The highest BCUT2D eigenvalue weighted by Gasteiger charge is 2.42. The number of ketones is 1. The zero-order chi connectivity index (χ0) is 28.8. The van der Waals surface area contributed by atoms with Crippen LogP contribution in [-0.4, -0.2) is 48.0 Å². The third-order valence-corrected chi connectivity index (χ3v) is 8.82. The lowest BCUT2D eigenvalue weighted by atomic mass is 9.73. The molecule has 0 saturated heterocycles. The molecule has 2 aromatic carbocycles. The van der Waals surface area contributed by atoms with Gasteiger partial charge in [-0.05, 0) is 54.6 Å². The number of rotatable bonds is 7. The van der Waals surface area contributed by atoms with E-state index in [0.717, 1.165) is 21.7 Å². The number of benzene rings is 2. The van der Waals surface area contributed by atoms with Crippen LogP contribution in [0.25, 0.3) is 5.69 Å². The standard InChI is InChI=1S/C31H29N3O6S/c1-16-26-27(18-14-23(38-2)29(40-4)24(15-18)39-3)28-20(12-17(13-22(28)35)25-10-7-11-41-25)32-30(26)34(33-16)21-9-6-5-8-19(21)31(36)37/h5-11,14-15,17,27,32H,12-13H2,1-4H3,(H,36,37)/t17-,27-/m1/s1. The summed E-state index contributed by atoms with van der Waals surface area (Å²) in [6.07, 6.45) is 1.03. The fourth-order valence-corrected chi connectivity index (χ4v) is 6.85. The van der Waals surface area contributed by atoms with Gasteiger partial charge in [-0.25, -0.2) is 9.48 Å². The van der Waals surface area contributed by atoms with E-state index in [9.17, 15) is 14.7 Å². The molecule has 41 heavy (non-hydrogen) atoms. The number of thiophene rings is 1. The van der Waals surface area contributed by atoms with Gasteiger partial charge in [0.2, 0.25) is 5.75 Å². The first-order valence-corrected chi connectivity index (χ1v) is 14.0. The maximum Gasteiger partial charge on any atom is 0.337 e. The third kappa shape index (κ3) is 4.35. The van der Waals surface area contributed by atoms with Gasteiger partial charge in [-0.15, -0.1) is 11.3 Å². The number of aromatic nitrogens is 2. The summed E-state index contributed by atoms with van der Waals surface area (Å²) in [5.41, 5.74) is 4.29. The number of hydrogen-bond donors (Lipinski definition) is 2. The van der Waals surface area contributed by atoms with E-state index in [-0.39, 0.29) is 17.3 Å². The van der Waals surface area contributed by atoms with Crippen molar-refractivity contribution in [3.05, 3.63) is 92.4 Å². The van der Waals surface area contributed by atoms with Crippen molar-refractivity contribution in [3.63, 3.8) is 0 Å². The summed E-state index contributed by atoms with van der Waals surface area (Å²) in [5.74, 6) is 0.600. The number of Topliss-reactive ketones (excluding diaryl/α,β-unsaturated/α-hetero) is 1. The number of nitrogens with one attached hydrogen (secondary N) is 1. The fourth-order valence-electron chi connectivity index (χ4n) is 6.02. The maximum absolute atomic E-state index is 14.0. The predicted octanol–water partition coefficient (Wildman–Crippen LogP) is 5.92. The van der Waals surface area contributed by atoms with Gasteiger partial charge in [0.05, 0.1) is 38.3 Å². The van der Waals surface area contributed by atoms with Crippen molar-refractivity contribution in [2.24, 2.45) is 0 Å². The van der Waals surface area contributed by atoms with E-state index >= 15 is 0 Å². The normalized spacial score (nSPS) is 17.9. The van der Waals surface area contributed by atoms with Crippen LogP contribution < -0.4 is 19.5 Å². The number of hydrogen-bond acceptors (Lipinski definition) is 8. The molecule has 2 N–H and O–H groups in total. The molecule has 0 saturated carbocycles. The van der Waals surface area contributed by atoms with E-state index in [1.165, 1.54) is 0 Å². The van der Waals surface area contributed by atoms with Crippen LogP contribution in [0.5, 0.6) is 17.2 Å². The van der Waals surface area contributed by atoms with Gasteiger partial charge >= 0.3 is 5.97 Å². The number of ether oxygens (including phenoxy) is 3. The molecule has 210 valence electrons. The van der Waals surface area contributed by atoms with Gasteiger partial charge < -0.3 is 24.6 Å². The zero-order valence-corrected chi connectivity index (χ0v) is 23.9. The largest absolute Gasteiger partial charge is 0.493 e. The van der Waals surface area contributed by atoms with Crippen LogP contribution in [0.1, 0.15) is 56.7 Å². The van der Waals surface area contributed by atoms with Crippen LogP contribution in [0.4, 0.5) is 5.82 Å². The van der Waals surface area contributed by atoms with E-state index < -0.39 is 11.9 Å². The lowest BCUT2D eigenvalue weighted by molar-refractivity contribution is -0.116. The molecule has 1 aliphatic heterocycles. The minimum atomic E-state index is -1.05. The van der Waals surface area contributed by atoms with Gasteiger partial charge in [-0.1, -0.05) is 18.2 Å². The average molecular weight is 572 g/mol. The van der Waals surface area contributed by atoms with Crippen LogP contribution in [0, 0.1) is 6.92 Å². The van der Waals surface area contributed by atoms with Crippen LogP contribution >= 0.6 is 11.3 Å². The number of methoxy groups -OCH3 is 3. The molecule has 4 aromatic rings. The molecule has 2 atom stereocenters. The van der Waals surface area contributed by atoms with Crippen molar-refractivity contribution >= 4 is 28.9 Å². The van der Waals surface area contributed by atoms with E-state index in [1.807, 2.05) is 30.5 Å². The molecule has 0 bridgehead atoms. The Hall–Kier alpha value is -4.57. The minimum absolute atomic E-state index is 0.0414. The van der Waals surface area contributed by atoms with Crippen LogP contribution in [0.15, 0.2) is 65.2 Å². The number of allylic oxidation sites excluding steroid dienone is 2. The second-order valence-corrected chi connectivity index (χ2v) is 11.0. The number of para-hydroxylation sites is 1. The van der Waals surface area contributed by atoms with E-state index in [0.29, 0.717) is 52.9 Å². The molecular formula is C31H29N3O6S. The Morgan fingerprint density at radius 3 is 2.41 bits per heavy atom. The average Bonchev–Trinajstić information content (AvgIpc) is 3.63. The number of anilines is 1. The van der Waals surface area contributed by atoms with Crippen molar-refractivity contribution in [2.75, 3.05) is 26.6 Å². The lowest BCUT2D eigenvalue weighted by Gasteiger charge is -2.35. The van der Waals surface area contributed by atoms with Crippen molar-refractivity contribution in [1.29, 1.82) is 0 Å². The molecule has 3 heterocycles. The van der Waals surface area contributed by atoms with E-state index in [2.05, 4.69) is 11.4 Å². The quantitative estimate of drug-likeness (QED) is 0.281. The molecule has 2 aliphatic rings. The Kier molecular flexibility index (Phi) is 6.78. The topological polar surface area (TPSA) is 112 Å². The van der Waals surface area contributed by atoms with Crippen LogP contribution in [0.3, 0.4) is 0 Å². The van der Waals surface area contributed by atoms with Crippen LogP contribution in [0.2, 0.25) is 0 Å². The first-order chi connectivity index (χ1) is 19.9. The van der Waals surface area contributed by atoms with Gasteiger partial charge in [0, 0.05) is 40.0 Å². The van der Waals surface area contributed by atoms with Gasteiger partial charge in [0.25, 0.3) is 0 Å². The lowest BCUT2D eigenvalue weighted by Crippen LogP contribution is -2.30. The van der Waals surface area contributed by atoms with Crippen molar-refractivity contribution in [2.45, 2.75) is 31.6 Å². The van der Waals surface area contributed by atoms with Gasteiger partial charge in [-0.2, -0.15) is 5.10 Å². The Labute approximate surface area is 241 Å². The second kappa shape index (κ2) is 10.4. The van der Waals surface area contributed by atoms with E-state index in [4.69, 9.17) is 19.3 Å². The number of fused-ring (bicyclic) bond motifs is 1. The Morgan fingerprint density at radius 1 is 1.05 bits per heavy atom. The second-order valence-electron chi connectivity index (χ2n) is 10.0. The molecule has 0 fully saturated rings. The molecule has 0 amide bonds. The molecule has 6 rings (SSSR count). The number of carboxylic acids is 1. The highest BCUT2D eigenvalue weighted by Crippen LogP contribution is 2.52. The summed E-state index contributed by atoms with van der Waals surface area (Å²) >= 11 is 1.64. The summed E-state index contributed by atoms with van der Waals surface area (Å²) < 4.78 is 18.5. The molecule has 2 aromatic heterocycles. The SMILES string of the molecule is COc1cc([C@H]2C3=C(C[C@@H](c4cccs4)CC3=O)Nc3c2c(C)nn3-c2ccccc2C(=O)O)cc(OC)c1OC. The summed E-state index contributed by atoms with van der Waals surface area (Å²) in [6.45, 7) is 1.87. The molecule has 0 unspecified atom stereocenters. The number of carbonyl (C=O) groups excluding carboxylic acids is 1. The fraction of sp³-hybridized carbons (Fsp3) is 0.258. The first kappa shape index (κ1) is 26.6. The number of carbonyl (C=O) groups is 2. The van der Waals surface area contributed by atoms with E-state index in [1.54, 1.807) is 61.6 Å². The number of carboxylic acid groups (broad SMARTS) is 1. The van der Waals surface area contributed by atoms with Crippen molar-refractivity contribution in [3.8, 4) is 22.9 Å². The minimum Gasteiger partial charge on any atom is -0.493 e. The van der Waals surface area contributed by atoms with Crippen molar-refractivity contribution in [1.82, 2.24) is 9.78 Å². The van der Waals surface area contributed by atoms with Gasteiger partial charge in [-0.3, -0.25) is 4.79 Å². The number of nitrogens with zero attached hydrogens (tertiary/aromatic N) is 2. The van der Waals surface area contributed by atoms with Gasteiger partial charge in [0.1, 0.15) is 5.82 Å². The smallest absolute Gasteiger partial charge is 0.337 e. The summed E-state index contributed by atoms with van der Waals surface area (Å²) in [7, 11) is 4.67. The summed E-state index contributed by atoms with van der Waals surface area (Å²) in [4.78, 5) is 27.3. The highest BCUT2D eigenvalue weighted by molar-refractivity contribution is 7.10. The molecular weight excluding hydrogens is 542 g/mol. The molecule has 9 nitrogen and oxygen atoms in total. The maximum atomic E-state index is 14.0.